The van der Waals surface area contributed by atoms with Crippen LogP contribution < -0.4 is 0 Å². The Hall–Kier alpha value is -0.123. The molecule has 0 fully saturated rings. The van der Waals surface area contributed by atoms with Crippen LogP contribution in [-0.2, 0) is 0 Å². The van der Waals surface area contributed by atoms with E-state index in [-0.39, 0.29) is 6.61 Å². The number of hydrogen-bond donors (Lipinski definition) is 2. The summed E-state index contributed by atoms with van der Waals surface area (Å²) >= 11 is 0. The lowest BCUT2D eigenvalue weighted by molar-refractivity contribution is 0.0913. The van der Waals surface area contributed by atoms with E-state index >= 15 is 0 Å². The predicted molar refractivity (Wildman–Crippen MR) is 77.9 cm³/mol. The molecule has 17 heavy (non-hydrogen) atoms. The third-order valence-corrected chi connectivity index (χ3v) is 5.56. The van der Waals surface area contributed by atoms with Crippen LogP contribution in [0.15, 0.2) is 11.3 Å². The molecule has 0 aromatic heterocycles. The molecule has 0 radical (unpaired) electrons. The van der Waals surface area contributed by atoms with Crippen molar-refractivity contribution < 1.29 is 10.2 Å². The minimum absolute atomic E-state index is 0.0325. The summed E-state index contributed by atoms with van der Waals surface area (Å²) in [6, 6.07) is 0. The molecule has 0 aromatic rings. The highest BCUT2D eigenvalue weighted by atomic mass is 28.3. The van der Waals surface area contributed by atoms with Gasteiger partial charge in [-0.15, -0.1) is 0 Å². The van der Waals surface area contributed by atoms with Crippen molar-refractivity contribution in [2.45, 2.75) is 71.2 Å². The first-order valence-corrected chi connectivity index (χ1v) is 10.3. The van der Waals surface area contributed by atoms with E-state index in [2.05, 4.69) is 26.6 Å². The third kappa shape index (κ3) is 6.39. The quantitative estimate of drug-likeness (QED) is 0.517. The maximum Gasteiger partial charge on any atom is 0.0795 e. The topological polar surface area (TPSA) is 40.5 Å². The molecule has 102 valence electrons. The van der Waals surface area contributed by atoms with E-state index in [9.17, 15) is 5.11 Å². The minimum Gasteiger partial charge on any atom is -0.392 e. The average Bonchev–Trinajstić information content (AvgIpc) is 2.19. The highest BCUT2D eigenvalue weighted by Gasteiger charge is 2.33. The first-order chi connectivity index (χ1) is 7.75. The first-order valence-electron chi connectivity index (χ1n) is 6.80. The molecule has 0 bridgehead atoms. The molecule has 0 aliphatic heterocycles. The van der Waals surface area contributed by atoms with Gasteiger partial charge in [-0.25, -0.2) is 0 Å². The molecule has 0 aliphatic rings. The highest BCUT2D eigenvalue weighted by molar-refractivity contribution is 6.83. The Bertz CT molecular complexity index is 239. The number of rotatable bonds is 8. The van der Waals surface area contributed by atoms with Gasteiger partial charge in [-0.1, -0.05) is 63.5 Å². The lowest BCUT2D eigenvalue weighted by atomic mass is 9.97. The molecule has 0 aromatic carbocycles. The van der Waals surface area contributed by atoms with Crippen LogP contribution >= 0.6 is 0 Å². The van der Waals surface area contributed by atoms with E-state index in [4.69, 9.17) is 5.11 Å². The van der Waals surface area contributed by atoms with Crippen molar-refractivity contribution in [3.05, 3.63) is 11.3 Å². The van der Waals surface area contributed by atoms with Gasteiger partial charge in [-0.3, -0.25) is 0 Å². The summed E-state index contributed by atoms with van der Waals surface area (Å²) in [5, 5.41) is 20.8. The molecule has 2 nitrogen and oxygen atoms in total. The Kier molecular flexibility index (Phi) is 7.29. The van der Waals surface area contributed by atoms with Gasteiger partial charge in [0.2, 0.25) is 0 Å². The Labute approximate surface area is 108 Å². The van der Waals surface area contributed by atoms with E-state index in [0.29, 0.717) is 0 Å². The molecule has 0 spiro atoms. The van der Waals surface area contributed by atoms with Crippen LogP contribution in [0.5, 0.6) is 0 Å². The zero-order valence-corrected chi connectivity index (χ0v) is 13.2. The molecular formula is C14H30O2Si. The van der Waals surface area contributed by atoms with Gasteiger partial charge in [0.05, 0.1) is 20.3 Å². The SMILES string of the molecule is CCCCCCC(C)(O)/C(=C\CO)[Si](C)(C)C. The van der Waals surface area contributed by atoms with Crippen LogP contribution in [0.1, 0.15) is 46.0 Å². The van der Waals surface area contributed by atoms with Crippen molar-refractivity contribution in [2.75, 3.05) is 6.61 Å². The lowest BCUT2D eigenvalue weighted by Crippen LogP contribution is -2.40. The fourth-order valence-corrected chi connectivity index (χ4v) is 4.90. The fraction of sp³-hybridized carbons (Fsp3) is 0.857. The number of aliphatic hydroxyl groups is 2. The molecule has 0 rings (SSSR count). The molecule has 2 N–H and O–H groups in total. The second-order valence-corrected chi connectivity index (χ2v) is 11.2. The van der Waals surface area contributed by atoms with Gasteiger partial charge in [0, 0.05) is 0 Å². The van der Waals surface area contributed by atoms with E-state index in [1.54, 1.807) is 0 Å². The Morgan fingerprint density at radius 2 is 1.76 bits per heavy atom. The molecule has 1 atom stereocenters. The molecule has 0 aliphatic carbocycles. The van der Waals surface area contributed by atoms with Crippen LogP contribution in [0, 0.1) is 0 Å². The largest absolute Gasteiger partial charge is 0.392 e. The summed E-state index contributed by atoms with van der Waals surface area (Å²) in [6.45, 7) is 10.8. The second-order valence-electron chi connectivity index (χ2n) is 6.13. The van der Waals surface area contributed by atoms with Gasteiger partial charge in [-0.2, -0.15) is 0 Å². The van der Waals surface area contributed by atoms with Crippen molar-refractivity contribution >= 4 is 8.07 Å². The molecular weight excluding hydrogens is 228 g/mol. The fourth-order valence-electron chi connectivity index (χ4n) is 2.46. The summed E-state index contributed by atoms with van der Waals surface area (Å²) in [6.07, 6.45) is 7.34. The molecule has 0 amide bonds. The maximum atomic E-state index is 10.6. The van der Waals surface area contributed by atoms with Crippen molar-refractivity contribution in [3.63, 3.8) is 0 Å². The standard InChI is InChI=1S/C14H30O2Si/c1-6-7-8-9-11-14(2,16)13(10-12-15)17(3,4)5/h10,15-16H,6-9,11-12H2,1-5H3/b13-10+. The number of hydrogen-bond acceptors (Lipinski definition) is 2. The normalized spacial score (nSPS) is 17.0. The number of unbranched alkanes of at least 4 members (excludes halogenated alkanes) is 3. The van der Waals surface area contributed by atoms with E-state index in [1.165, 1.54) is 19.3 Å². The molecule has 0 heterocycles. The van der Waals surface area contributed by atoms with Crippen LogP contribution in [0.4, 0.5) is 0 Å². The molecule has 3 heteroatoms. The average molecular weight is 258 g/mol. The van der Waals surface area contributed by atoms with Gasteiger partial charge >= 0.3 is 0 Å². The number of aliphatic hydroxyl groups excluding tert-OH is 1. The molecule has 1 unspecified atom stereocenters. The predicted octanol–water partition coefficient (Wildman–Crippen LogP) is 3.50. The Morgan fingerprint density at radius 1 is 1.18 bits per heavy atom. The smallest absolute Gasteiger partial charge is 0.0795 e. The van der Waals surface area contributed by atoms with Gasteiger partial charge < -0.3 is 10.2 Å². The van der Waals surface area contributed by atoms with Gasteiger partial charge in [0.1, 0.15) is 0 Å². The summed E-state index contributed by atoms with van der Waals surface area (Å²) in [5.74, 6) is 0. The molecule has 0 saturated carbocycles. The highest BCUT2D eigenvalue weighted by Crippen LogP contribution is 2.30. The van der Waals surface area contributed by atoms with Crippen molar-refractivity contribution in [2.24, 2.45) is 0 Å². The van der Waals surface area contributed by atoms with Crippen molar-refractivity contribution in [1.82, 2.24) is 0 Å². The van der Waals surface area contributed by atoms with E-state index in [1.807, 2.05) is 13.0 Å². The second kappa shape index (κ2) is 7.34. The van der Waals surface area contributed by atoms with Crippen LogP contribution in [-0.4, -0.2) is 30.5 Å². The van der Waals surface area contributed by atoms with E-state index in [0.717, 1.165) is 18.0 Å². The summed E-state index contributed by atoms with van der Waals surface area (Å²) in [7, 11) is -1.56. The van der Waals surface area contributed by atoms with E-state index < -0.39 is 13.7 Å². The van der Waals surface area contributed by atoms with Crippen LogP contribution in [0.2, 0.25) is 19.6 Å². The van der Waals surface area contributed by atoms with Gasteiger partial charge in [0.25, 0.3) is 0 Å². The van der Waals surface area contributed by atoms with Crippen molar-refractivity contribution in [1.29, 1.82) is 0 Å². The third-order valence-electron chi connectivity index (χ3n) is 3.20. The monoisotopic (exact) mass is 258 g/mol. The summed E-state index contributed by atoms with van der Waals surface area (Å²) in [5.41, 5.74) is -0.735. The van der Waals surface area contributed by atoms with Gasteiger partial charge in [-0.05, 0) is 13.3 Å². The summed E-state index contributed by atoms with van der Waals surface area (Å²) in [4.78, 5) is 0. The first kappa shape index (κ1) is 16.9. The Balaban J connectivity index is 4.57. The Morgan fingerprint density at radius 3 is 2.18 bits per heavy atom. The van der Waals surface area contributed by atoms with Crippen molar-refractivity contribution in [3.8, 4) is 0 Å². The zero-order valence-electron chi connectivity index (χ0n) is 12.2. The molecule has 0 saturated heterocycles. The lowest BCUT2D eigenvalue weighted by Gasteiger charge is -2.34. The summed E-state index contributed by atoms with van der Waals surface area (Å²) < 4.78 is 0. The van der Waals surface area contributed by atoms with Crippen LogP contribution in [0.25, 0.3) is 0 Å². The zero-order chi connectivity index (χ0) is 13.5. The maximum absolute atomic E-state index is 10.6. The van der Waals surface area contributed by atoms with Gasteiger partial charge in [0.15, 0.2) is 0 Å². The minimum atomic E-state index is -1.56. The van der Waals surface area contributed by atoms with Crippen LogP contribution in [0.3, 0.4) is 0 Å².